The Hall–Kier alpha value is -1.35. The number of hydrogen-bond donors (Lipinski definition) is 1. The third-order valence-corrected chi connectivity index (χ3v) is 3.80. The van der Waals surface area contributed by atoms with E-state index in [9.17, 15) is 4.79 Å². The van der Waals surface area contributed by atoms with Crippen molar-refractivity contribution in [2.45, 2.75) is 39.7 Å². The summed E-state index contributed by atoms with van der Waals surface area (Å²) in [6.07, 6.45) is 3.57. The van der Waals surface area contributed by atoms with Gasteiger partial charge in [-0.15, -0.1) is 0 Å². The first-order chi connectivity index (χ1) is 9.16. The highest BCUT2D eigenvalue weighted by molar-refractivity contribution is 5.78. The number of amides is 1. The molecule has 1 N–H and O–H groups in total. The minimum Gasteiger partial charge on any atom is -0.342 e. The van der Waals surface area contributed by atoms with E-state index in [-0.39, 0.29) is 5.91 Å². The average molecular weight is 260 g/mol. The van der Waals surface area contributed by atoms with Crippen molar-refractivity contribution < 1.29 is 4.79 Å². The first-order valence-corrected chi connectivity index (χ1v) is 7.21. The molecule has 2 rings (SSSR count). The van der Waals surface area contributed by atoms with Crippen LogP contribution in [0.4, 0.5) is 0 Å². The molecule has 1 heterocycles. The van der Waals surface area contributed by atoms with E-state index in [0.717, 1.165) is 32.5 Å². The van der Waals surface area contributed by atoms with Gasteiger partial charge in [-0.05, 0) is 44.2 Å². The molecule has 1 aromatic rings. The predicted octanol–water partition coefficient (Wildman–Crippen LogP) is 2.41. The highest BCUT2D eigenvalue weighted by atomic mass is 16.2. The number of rotatable bonds is 4. The lowest BCUT2D eigenvalue weighted by atomic mass is 10.1. The Labute approximate surface area is 116 Å². The van der Waals surface area contributed by atoms with Crippen LogP contribution in [0.25, 0.3) is 0 Å². The molecule has 0 saturated carbocycles. The van der Waals surface area contributed by atoms with E-state index in [1.807, 2.05) is 4.90 Å². The number of piperidine rings is 1. The summed E-state index contributed by atoms with van der Waals surface area (Å²) < 4.78 is 0. The normalized spacial score (nSPS) is 15.6. The molecule has 1 saturated heterocycles. The van der Waals surface area contributed by atoms with E-state index in [1.54, 1.807) is 0 Å². The molecular formula is C16H24N2O. The molecule has 0 unspecified atom stereocenters. The van der Waals surface area contributed by atoms with Gasteiger partial charge >= 0.3 is 0 Å². The second kappa shape index (κ2) is 6.71. The van der Waals surface area contributed by atoms with Crippen LogP contribution in [0.5, 0.6) is 0 Å². The molecular weight excluding hydrogens is 236 g/mol. The number of aryl methyl sites for hydroxylation is 2. The van der Waals surface area contributed by atoms with Crippen molar-refractivity contribution in [3.63, 3.8) is 0 Å². The molecule has 19 heavy (non-hydrogen) atoms. The second-order valence-electron chi connectivity index (χ2n) is 5.47. The average Bonchev–Trinajstić information content (AvgIpc) is 2.42. The van der Waals surface area contributed by atoms with Gasteiger partial charge in [0.2, 0.25) is 5.91 Å². The van der Waals surface area contributed by atoms with Gasteiger partial charge in [0.05, 0.1) is 6.54 Å². The van der Waals surface area contributed by atoms with E-state index < -0.39 is 0 Å². The van der Waals surface area contributed by atoms with Crippen LogP contribution in [0.1, 0.15) is 36.0 Å². The van der Waals surface area contributed by atoms with Crippen LogP contribution in [-0.2, 0) is 11.3 Å². The summed E-state index contributed by atoms with van der Waals surface area (Å²) in [5.41, 5.74) is 3.85. The molecule has 0 spiro atoms. The Morgan fingerprint density at radius 2 is 1.95 bits per heavy atom. The molecule has 3 nitrogen and oxygen atoms in total. The fraction of sp³-hybridized carbons (Fsp3) is 0.562. The van der Waals surface area contributed by atoms with Crippen molar-refractivity contribution in [2.24, 2.45) is 0 Å². The molecule has 1 aromatic carbocycles. The van der Waals surface area contributed by atoms with E-state index in [0.29, 0.717) is 6.54 Å². The van der Waals surface area contributed by atoms with Gasteiger partial charge in [-0.2, -0.15) is 0 Å². The van der Waals surface area contributed by atoms with Gasteiger partial charge in [0.1, 0.15) is 0 Å². The Balaban J connectivity index is 1.78. The van der Waals surface area contributed by atoms with Gasteiger partial charge in [-0.1, -0.05) is 23.8 Å². The lowest BCUT2D eigenvalue weighted by Gasteiger charge is -2.26. The standard InChI is InChI=1S/C16H24N2O/c1-13-6-7-15(14(2)10-13)11-17-12-16(19)18-8-4-3-5-9-18/h6-7,10,17H,3-5,8-9,11-12H2,1-2H3. The van der Waals surface area contributed by atoms with Gasteiger partial charge in [0.15, 0.2) is 0 Å². The number of likely N-dealkylation sites (tertiary alicyclic amines) is 1. The van der Waals surface area contributed by atoms with Gasteiger partial charge < -0.3 is 10.2 Å². The molecule has 0 aromatic heterocycles. The summed E-state index contributed by atoms with van der Waals surface area (Å²) in [6.45, 7) is 7.31. The quantitative estimate of drug-likeness (QED) is 0.901. The van der Waals surface area contributed by atoms with Crippen LogP contribution in [0.2, 0.25) is 0 Å². The first-order valence-electron chi connectivity index (χ1n) is 7.21. The van der Waals surface area contributed by atoms with Crippen molar-refractivity contribution in [2.75, 3.05) is 19.6 Å². The summed E-state index contributed by atoms with van der Waals surface area (Å²) in [4.78, 5) is 14.0. The largest absolute Gasteiger partial charge is 0.342 e. The SMILES string of the molecule is Cc1ccc(CNCC(=O)N2CCCCC2)c(C)c1. The molecule has 0 aliphatic carbocycles. The van der Waals surface area contributed by atoms with Crippen molar-refractivity contribution >= 4 is 5.91 Å². The topological polar surface area (TPSA) is 32.3 Å². The summed E-state index contributed by atoms with van der Waals surface area (Å²) in [5.74, 6) is 0.240. The lowest BCUT2D eigenvalue weighted by molar-refractivity contribution is -0.131. The smallest absolute Gasteiger partial charge is 0.236 e. The Kier molecular flexibility index (Phi) is 4.97. The van der Waals surface area contributed by atoms with Crippen molar-refractivity contribution in [3.8, 4) is 0 Å². The van der Waals surface area contributed by atoms with E-state index in [4.69, 9.17) is 0 Å². The maximum Gasteiger partial charge on any atom is 0.236 e. The Bertz CT molecular complexity index is 436. The minimum atomic E-state index is 0.240. The van der Waals surface area contributed by atoms with Crippen LogP contribution in [0, 0.1) is 13.8 Å². The van der Waals surface area contributed by atoms with E-state index in [2.05, 4.69) is 37.4 Å². The highest BCUT2D eigenvalue weighted by Crippen LogP contribution is 2.10. The number of nitrogens with zero attached hydrogens (tertiary/aromatic N) is 1. The Morgan fingerprint density at radius 1 is 1.21 bits per heavy atom. The molecule has 0 radical (unpaired) electrons. The maximum absolute atomic E-state index is 12.0. The maximum atomic E-state index is 12.0. The van der Waals surface area contributed by atoms with E-state index >= 15 is 0 Å². The lowest BCUT2D eigenvalue weighted by Crippen LogP contribution is -2.41. The Morgan fingerprint density at radius 3 is 2.63 bits per heavy atom. The summed E-state index contributed by atoms with van der Waals surface area (Å²) in [7, 11) is 0. The highest BCUT2D eigenvalue weighted by Gasteiger charge is 2.15. The molecule has 0 atom stereocenters. The van der Waals surface area contributed by atoms with E-state index in [1.165, 1.54) is 23.1 Å². The molecule has 1 amide bonds. The fourth-order valence-electron chi connectivity index (χ4n) is 2.60. The third kappa shape index (κ3) is 4.06. The number of benzene rings is 1. The van der Waals surface area contributed by atoms with Crippen molar-refractivity contribution in [1.29, 1.82) is 0 Å². The predicted molar refractivity (Wildman–Crippen MR) is 78.1 cm³/mol. The monoisotopic (exact) mass is 260 g/mol. The first kappa shape index (κ1) is 14.1. The fourth-order valence-corrected chi connectivity index (χ4v) is 2.60. The van der Waals surface area contributed by atoms with Crippen LogP contribution >= 0.6 is 0 Å². The number of carbonyl (C=O) groups excluding carboxylic acids is 1. The van der Waals surface area contributed by atoms with Gasteiger partial charge in [0.25, 0.3) is 0 Å². The zero-order valence-corrected chi connectivity index (χ0v) is 12.0. The molecule has 0 bridgehead atoms. The van der Waals surface area contributed by atoms with Gasteiger partial charge in [-0.25, -0.2) is 0 Å². The summed E-state index contributed by atoms with van der Waals surface area (Å²) >= 11 is 0. The van der Waals surface area contributed by atoms with Crippen molar-refractivity contribution in [1.82, 2.24) is 10.2 Å². The third-order valence-electron chi connectivity index (χ3n) is 3.80. The van der Waals surface area contributed by atoms with Crippen LogP contribution < -0.4 is 5.32 Å². The summed E-state index contributed by atoms with van der Waals surface area (Å²) in [6, 6.07) is 6.45. The van der Waals surface area contributed by atoms with Crippen molar-refractivity contribution in [3.05, 3.63) is 34.9 Å². The second-order valence-corrected chi connectivity index (χ2v) is 5.47. The zero-order chi connectivity index (χ0) is 13.7. The number of hydrogen-bond acceptors (Lipinski definition) is 2. The molecule has 1 aliphatic rings. The van der Waals surface area contributed by atoms with Crippen LogP contribution in [0.3, 0.4) is 0 Å². The molecule has 1 fully saturated rings. The zero-order valence-electron chi connectivity index (χ0n) is 12.0. The minimum absolute atomic E-state index is 0.240. The van der Waals surface area contributed by atoms with Gasteiger partial charge in [-0.3, -0.25) is 4.79 Å². The van der Waals surface area contributed by atoms with Gasteiger partial charge in [0, 0.05) is 19.6 Å². The summed E-state index contributed by atoms with van der Waals surface area (Å²) in [5, 5.41) is 3.27. The molecule has 104 valence electrons. The molecule has 3 heteroatoms. The van der Waals surface area contributed by atoms with Crippen LogP contribution in [-0.4, -0.2) is 30.4 Å². The number of carbonyl (C=O) groups is 1. The number of nitrogens with one attached hydrogen (secondary N) is 1. The molecule has 1 aliphatic heterocycles. The van der Waals surface area contributed by atoms with Crippen LogP contribution in [0.15, 0.2) is 18.2 Å².